The van der Waals surface area contributed by atoms with Crippen LogP contribution in [0.5, 0.6) is 0 Å². The molecule has 0 unspecified atom stereocenters. The SMILES string of the molecule is C=C1CC/C(=C/CC)C1. The summed E-state index contributed by atoms with van der Waals surface area (Å²) in [5, 5.41) is 0. The van der Waals surface area contributed by atoms with Crippen molar-refractivity contribution in [2.24, 2.45) is 0 Å². The van der Waals surface area contributed by atoms with Gasteiger partial charge in [-0.25, -0.2) is 0 Å². The lowest BCUT2D eigenvalue weighted by Crippen LogP contribution is -1.69. The Kier molecular flexibility index (Phi) is 2.10. The third-order valence-electron chi connectivity index (χ3n) is 1.77. The molecule has 0 nitrogen and oxygen atoms in total. The van der Waals surface area contributed by atoms with Crippen molar-refractivity contribution in [2.45, 2.75) is 32.6 Å². The quantitative estimate of drug-likeness (QED) is 0.469. The Morgan fingerprint density at radius 3 is 2.78 bits per heavy atom. The van der Waals surface area contributed by atoms with Gasteiger partial charge in [0.05, 0.1) is 0 Å². The lowest BCUT2D eigenvalue weighted by molar-refractivity contribution is 1.04. The summed E-state index contributed by atoms with van der Waals surface area (Å²) in [4.78, 5) is 0. The Bertz CT molecular complexity index is 140. The molecule has 0 spiro atoms. The third kappa shape index (κ3) is 1.70. The van der Waals surface area contributed by atoms with Gasteiger partial charge in [-0.3, -0.25) is 0 Å². The van der Waals surface area contributed by atoms with Gasteiger partial charge in [0.2, 0.25) is 0 Å². The molecule has 1 aliphatic rings. The monoisotopic (exact) mass is 122 g/mol. The van der Waals surface area contributed by atoms with Crippen molar-refractivity contribution in [1.29, 1.82) is 0 Å². The Hall–Kier alpha value is -0.520. The van der Waals surface area contributed by atoms with Crippen LogP contribution < -0.4 is 0 Å². The van der Waals surface area contributed by atoms with Crippen molar-refractivity contribution in [3.63, 3.8) is 0 Å². The molecule has 0 aromatic rings. The summed E-state index contributed by atoms with van der Waals surface area (Å²) < 4.78 is 0. The maximum atomic E-state index is 3.95. The molecule has 0 saturated heterocycles. The van der Waals surface area contributed by atoms with Gasteiger partial charge in [-0.05, 0) is 25.7 Å². The largest absolute Gasteiger partial charge is 0.0995 e. The van der Waals surface area contributed by atoms with E-state index in [-0.39, 0.29) is 0 Å². The van der Waals surface area contributed by atoms with Crippen LogP contribution >= 0.6 is 0 Å². The van der Waals surface area contributed by atoms with Crippen molar-refractivity contribution in [2.75, 3.05) is 0 Å². The first-order chi connectivity index (χ1) is 4.33. The zero-order valence-electron chi connectivity index (χ0n) is 6.11. The van der Waals surface area contributed by atoms with Gasteiger partial charge in [0.15, 0.2) is 0 Å². The highest BCUT2D eigenvalue weighted by Gasteiger charge is 2.08. The van der Waals surface area contributed by atoms with Crippen LogP contribution in [0.4, 0.5) is 0 Å². The van der Waals surface area contributed by atoms with Gasteiger partial charge >= 0.3 is 0 Å². The van der Waals surface area contributed by atoms with Crippen LogP contribution in [0.2, 0.25) is 0 Å². The second-order valence-electron chi connectivity index (χ2n) is 2.70. The summed E-state index contributed by atoms with van der Waals surface area (Å²) >= 11 is 0. The Balaban J connectivity index is 2.47. The molecule has 0 N–H and O–H groups in total. The number of rotatable bonds is 1. The van der Waals surface area contributed by atoms with Crippen LogP contribution in [0.3, 0.4) is 0 Å². The van der Waals surface area contributed by atoms with E-state index >= 15 is 0 Å². The van der Waals surface area contributed by atoms with Crippen LogP contribution in [0.15, 0.2) is 23.8 Å². The molecule has 0 aromatic carbocycles. The Morgan fingerprint density at radius 1 is 1.56 bits per heavy atom. The molecule has 0 amide bonds. The van der Waals surface area contributed by atoms with E-state index in [1.165, 1.54) is 31.3 Å². The molecule has 1 fully saturated rings. The van der Waals surface area contributed by atoms with Crippen LogP contribution in [0.25, 0.3) is 0 Å². The molecule has 0 aliphatic heterocycles. The predicted molar refractivity (Wildman–Crippen MR) is 41.4 cm³/mol. The van der Waals surface area contributed by atoms with Crippen molar-refractivity contribution < 1.29 is 0 Å². The van der Waals surface area contributed by atoms with E-state index in [1.54, 1.807) is 5.57 Å². The van der Waals surface area contributed by atoms with Crippen LogP contribution in [0.1, 0.15) is 32.6 Å². The van der Waals surface area contributed by atoms with Gasteiger partial charge in [0.25, 0.3) is 0 Å². The molecule has 1 rings (SSSR count). The molecular weight excluding hydrogens is 108 g/mol. The fourth-order valence-corrected chi connectivity index (χ4v) is 1.30. The Labute approximate surface area is 57.3 Å². The van der Waals surface area contributed by atoms with Crippen molar-refractivity contribution in [1.82, 2.24) is 0 Å². The van der Waals surface area contributed by atoms with Gasteiger partial charge in [-0.2, -0.15) is 0 Å². The van der Waals surface area contributed by atoms with Gasteiger partial charge in [-0.15, -0.1) is 0 Å². The average molecular weight is 122 g/mol. The van der Waals surface area contributed by atoms with E-state index in [2.05, 4.69) is 19.6 Å². The fraction of sp³-hybridized carbons (Fsp3) is 0.556. The van der Waals surface area contributed by atoms with Crippen molar-refractivity contribution >= 4 is 0 Å². The van der Waals surface area contributed by atoms with E-state index in [1.807, 2.05) is 0 Å². The second kappa shape index (κ2) is 2.86. The number of allylic oxidation sites excluding steroid dienone is 3. The standard InChI is InChI=1S/C9H14/c1-3-4-9-6-5-8(2)7-9/h4H,2-3,5-7H2,1H3/b9-4-. The number of hydrogen-bond acceptors (Lipinski definition) is 0. The molecule has 0 atom stereocenters. The highest BCUT2D eigenvalue weighted by Crippen LogP contribution is 2.27. The minimum atomic E-state index is 1.17. The van der Waals surface area contributed by atoms with Gasteiger partial charge in [-0.1, -0.05) is 30.7 Å². The van der Waals surface area contributed by atoms with Gasteiger partial charge < -0.3 is 0 Å². The molecule has 9 heavy (non-hydrogen) atoms. The van der Waals surface area contributed by atoms with Crippen molar-refractivity contribution in [3.05, 3.63) is 23.8 Å². The first-order valence-electron chi connectivity index (χ1n) is 3.67. The molecule has 0 heteroatoms. The van der Waals surface area contributed by atoms with Crippen LogP contribution in [-0.2, 0) is 0 Å². The molecule has 50 valence electrons. The molecule has 0 radical (unpaired) electrons. The summed E-state index contributed by atoms with van der Waals surface area (Å²) in [6, 6.07) is 0. The topological polar surface area (TPSA) is 0 Å². The minimum Gasteiger partial charge on any atom is -0.0995 e. The minimum absolute atomic E-state index is 1.17. The fourth-order valence-electron chi connectivity index (χ4n) is 1.30. The van der Waals surface area contributed by atoms with E-state index in [0.717, 1.165) is 0 Å². The summed E-state index contributed by atoms with van der Waals surface area (Å²) in [6.45, 7) is 6.13. The first-order valence-corrected chi connectivity index (χ1v) is 3.67. The molecule has 0 aromatic heterocycles. The maximum Gasteiger partial charge on any atom is -0.0111 e. The highest BCUT2D eigenvalue weighted by molar-refractivity contribution is 5.20. The molecular formula is C9H14. The zero-order valence-corrected chi connectivity index (χ0v) is 6.11. The van der Waals surface area contributed by atoms with E-state index in [9.17, 15) is 0 Å². The average Bonchev–Trinajstić information content (AvgIpc) is 2.17. The lowest BCUT2D eigenvalue weighted by Gasteiger charge is -1.89. The van der Waals surface area contributed by atoms with Crippen LogP contribution in [-0.4, -0.2) is 0 Å². The van der Waals surface area contributed by atoms with Crippen molar-refractivity contribution in [3.8, 4) is 0 Å². The summed E-state index contributed by atoms with van der Waals surface area (Å²) in [5.41, 5.74) is 3.01. The smallest absolute Gasteiger partial charge is 0.0111 e. The highest BCUT2D eigenvalue weighted by atomic mass is 14.1. The molecule has 0 heterocycles. The van der Waals surface area contributed by atoms with E-state index in [0.29, 0.717) is 0 Å². The third-order valence-corrected chi connectivity index (χ3v) is 1.77. The normalized spacial score (nSPS) is 23.7. The zero-order chi connectivity index (χ0) is 6.69. The van der Waals surface area contributed by atoms with E-state index in [4.69, 9.17) is 0 Å². The van der Waals surface area contributed by atoms with Gasteiger partial charge in [0.1, 0.15) is 0 Å². The second-order valence-corrected chi connectivity index (χ2v) is 2.70. The maximum absolute atomic E-state index is 3.95. The predicted octanol–water partition coefficient (Wildman–Crippen LogP) is 3.06. The molecule has 0 bridgehead atoms. The molecule has 1 aliphatic carbocycles. The molecule has 1 saturated carbocycles. The van der Waals surface area contributed by atoms with E-state index < -0.39 is 0 Å². The summed E-state index contributed by atoms with van der Waals surface area (Å²) in [7, 11) is 0. The lowest BCUT2D eigenvalue weighted by atomic mass is 10.2. The van der Waals surface area contributed by atoms with Crippen LogP contribution in [0, 0.1) is 0 Å². The first kappa shape index (κ1) is 6.60. The summed E-state index contributed by atoms with van der Waals surface area (Å²) in [6.07, 6.45) is 7.19. The van der Waals surface area contributed by atoms with Gasteiger partial charge in [0, 0.05) is 0 Å². The Morgan fingerprint density at radius 2 is 2.33 bits per heavy atom. The number of hydrogen-bond donors (Lipinski definition) is 0. The summed E-state index contributed by atoms with van der Waals surface area (Å²) in [5.74, 6) is 0.